The van der Waals surface area contributed by atoms with Crippen molar-refractivity contribution in [1.29, 1.82) is 0 Å². The molecule has 0 bridgehead atoms. The van der Waals surface area contributed by atoms with Gasteiger partial charge in [-0.15, -0.1) is 0 Å². The van der Waals surface area contributed by atoms with Gasteiger partial charge < -0.3 is 15.6 Å². The van der Waals surface area contributed by atoms with Crippen molar-refractivity contribution >= 4 is 11.8 Å². The number of primary amides is 1. The molecule has 19 heavy (non-hydrogen) atoms. The highest BCUT2D eigenvalue weighted by molar-refractivity contribution is 5.79. The second-order valence-corrected chi connectivity index (χ2v) is 4.88. The van der Waals surface area contributed by atoms with Gasteiger partial charge in [-0.25, -0.2) is 4.98 Å². The standard InChI is InChI=1S/C12H19N5O2/c1-9(18)17-3-2-16(5-10(6-17)12(13)19)7-11-4-14-8-15-11/h4,8,10H,2-3,5-7H2,1H3,(H2,13,19)(H,14,15)/t10-/m1/s1. The number of carbonyl (C=O) groups excluding carboxylic acids is 2. The quantitative estimate of drug-likeness (QED) is 0.746. The van der Waals surface area contributed by atoms with Crippen LogP contribution in [-0.4, -0.2) is 57.8 Å². The van der Waals surface area contributed by atoms with E-state index in [1.54, 1.807) is 17.4 Å². The van der Waals surface area contributed by atoms with Crippen molar-refractivity contribution in [3.63, 3.8) is 0 Å². The van der Waals surface area contributed by atoms with Gasteiger partial charge in [0.1, 0.15) is 0 Å². The van der Waals surface area contributed by atoms with Gasteiger partial charge in [0.25, 0.3) is 0 Å². The van der Waals surface area contributed by atoms with Crippen LogP contribution in [0.2, 0.25) is 0 Å². The Morgan fingerprint density at radius 3 is 2.84 bits per heavy atom. The molecule has 1 atom stereocenters. The Hall–Kier alpha value is -1.89. The molecule has 0 aliphatic carbocycles. The predicted octanol–water partition coefficient (Wildman–Crippen LogP) is -0.825. The molecule has 0 aromatic carbocycles. The van der Waals surface area contributed by atoms with Gasteiger partial charge in [-0.1, -0.05) is 0 Å². The molecule has 2 heterocycles. The first kappa shape index (κ1) is 13.5. The average molecular weight is 265 g/mol. The summed E-state index contributed by atoms with van der Waals surface area (Å²) in [5.74, 6) is -0.702. The number of amides is 2. The van der Waals surface area contributed by atoms with Crippen LogP contribution in [0.5, 0.6) is 0 Å². The summed E-state index contributed by atoms with van der Waals surface area (Å²) in [7, 11) is 0. The minimum Gasteiger partial charge on any atom is -0.369 e. The monoisotopic (exact) mass is 265 g/mol. The molecule has 3 N–H and O–H groups in total. The Kier molecular flexibility index (Phi) is 4.16. The van der Waals surface area contributed by atoms with Crippen molar-refractivity contribution in [3.8, 4) is 0 Å². The zero-order valence-corrected chi connectivity index (χ0v) is 11.0. The Bertz CT molecular complexity index is 445. The molecule has 1 aliphatic rings. The third-order valence-electron chi connectivity index (χ3n) is 3.40. The molecule has 1 saturated heterocycles. The fourth-order valence-corrected chi connectivity index (χ4v) is 2.30. The molecule has 1 aliphatic heterocycles. The van der Waals surface area contributed by atoms with Crippen molar-refractivity contribution in [3.05, 3.63) is 18.2 Å². The molecule has 1 aromatic rings. The van der Waals surface area contributed by atoms with Crippen molar-refractivity contribution in [2.45, 2.75) is 13.5 Å². The number of hydrogen-bond acceptors (Lipinski definition) is 4. The second kappa shape index (κ2) is 5.83. The van der Waals surface area contributed by atoms with Gasteiger partial charge in [0.05, 0.1) is 12.2 Å². The van der Waals surface area contributed by atoms with Crippen molar-refractivity contribution in [2.24, 2.45) is 11.7 Å². The topological polar surface area (TPSA) is 95.3 Å². The minimum atomic E-state index is -0.359. The maximum atomic E-state index is 11.5. The summed E-state index contributed by atoms with van der Waals surface area (Å²) in [6, 6.07) is 0. The molecule has 2 amide bonds. The molecule has 0 radical (unpaired) electrons. The lowest BCUT2D eigenvalue weighted by atomic mass is 10.1. The lowest BCUT2D eigenvalue weighted by molar-refractivity contribution is -0.130. The molecule has 2 rings (SSSR count). The first-order chi connectivity index (χ1) is 9.06. The van der Waals surface area contributed by atoms with Crippen LogP contribution in [0.15, 0.2) is 12.5 Å². The number of hydrogen-bond donors (Lipinski definition) is 2. The predicted molar refractivity (Wildman–Crippen MR) is 68.8 cm³/mol. The maximum Gasteiger partial charge on any atom is 0.223 e. The maximum absolute atomic E-state index is 11.5. The van der Waals surface area contributed by atoms with E-state index >= 15 is 0 Å². The number of carbonyl (C=O) groups is 2. The SMILES string of the molecule is CC(=O)N1CCN(Cc2cnc[nH]2)C[C@@H](C(N)=O)C1. The zero-order chi connectivity index (χ0) is 13.8. The van der Waals surface area contributed by atoms with Gasteiger partial charge in [-0.05, 0) is 0 Å². The van der Waals surface area contributed by atoms with E-state index in [0.717, 1.165) is 12.2 Å². The normalized spacial score (nSPS) is 21.1. The van der Waals surface area contributed by atoms with Crippen LogP contribution in [0.1, 0.15) is 12.6 Å². The van der Waals surface area contributed by atoms with Crippen molar-refractivity contribution in [2.75, 3.05) is 26.2 Å². The summed E-state index contributed by atoms with van der Waals surface area (Å²) in [6.45, 7) is 4.51. The first-order valence-corrected chi connectivity index (χ1v) is 6.30. The van der Waals surface area contributed by atoms with Crippen LogP contribution < -0.4 is 5.73 Å². The molecular formula is C12H19N5O2. The van der Waals surface area contributed by atoms with E-state index in [1.165, 1.54) is 6.92 Å². The van der Waals surface area contributed by atoms with Crippen LogP contribution in [0, 0.1) is 5.92 Å². The summed E-state index contributed by atoms with van der Waals surface area (Å²) >= 11 is 0. The number of imidazole rings is 1. The highest BCUT2D eigenvalue weighted by Crippen LogP contribution is 2.12. The van der Waals surface area contributed by atoms with E-state index in [9.17, 15) is 9.59 Å². The average Bonchev–Trinajstić information content (AvgIpc) is 2.74. The summed E-state index contributed by atoms with van der Waals surface area (Å²) in [6.07, 6.45) is 3.38. The van der Waals surface area contributed by atoms with E-state index in [1.807, 2.05) is 0 Å². The lowest BCUT2D eigenvalue weighted by Gasteiger charge is -2.21. The second-order valence-electron chi connectivity index (χ2n) is 4.88. The Morgan fingerprint density at radius 1 is 1.47 bits per heavy atom. The molecule has 1 fully saturated rings. The lowest BCUT2D eigenvalue weighted by Crippen LogP contribution is -2.39. The number of aromatic nitrogens is 2. The number of nitrogens with two attached hydrogens (primary N) is 1. The number of H-pyrrole nitrogens is 1. The van der Waals surface area contributed by atoms with E-state index < -0.39 is 0 Å². The van der Waals surface area contributed by atoms with Gasteiger partial charge >= 0.3 is 0 Å². The van der Waals surface area contributed by atoms with Crippen LogP contribution in [0.3, 0.4) is 0 Å². The Labute approximate surface area is 111 Å². The van der Waals surface area contributed by atoms with E-state index in [4.69, 9.17) is 5.73 Å². The molecular weight excluding hydrogens is 246 g/mol. The largest absolute Gasteiger partial charge is 0.369 e. The fourth-order valence-electron chi connectivity index (χ4n) is 2.30. The number of nitrogens with one attached hydrogen (secondary N) is 1. The van der Waals surface area contributed by atoms with Gasteiger partial charge in [0.15, 0.2) is 0 Å². The highest BCUT2D eigenvalue weighted by atomic mass is 16.2. The van der Waals surface area contributed by atoms with Crippen LogP contribution >= 0.6 is 0 Å². The van der Waals surface area contributed by atoms with E-state index in [-0.39, 0.29) is 17.7 Å². The minimum absolute atomic E-state index is 0.0189. The molecule has 0 saturated carbocycles. The molecule has 7 nitrogen and oxygen atoms in total. The Balaban J connectivity index is 2.05. The first-order valence-electron chi connectivity index (χ1n) is 6.30. The van der Waals surface area contributed by atoms with Crippen molar-refractivity contribution in [1.82, 2.24) is 19.8 Å². The summed E-state index contributed by atoms with van der Waals surface area (Å²) in [4.78, 5) is 33.7. The third kappa shape index (κ3) is 3.54. The van der Waals surface area contributed by atoms with Crippen LogP contribution in [-0.2, 0) is 16.1 Å². The highest BCUT2D eigenvalue weighted by Gasteiger charge is 2.27. The Morgan fingerprint density at radius 2 is 2.26 bits per heavy atom. The summed E-state index contributed by atoms with van der Waals surface area (Å²) in [5.41, 5.74) is 6.40. The molecule has 7 heteroatoms. The van der Waals surface area contributed by atoms with E-state index in [2.05, 4.69) is 14.9 Å². The molecule has 104 valence electrons. The van der Waals surface area contributed by atoms with Crippen molar-refractivity contribution < 1.29 is 9.59 Å². The van der Waals surface area contributed by atoms with Gasteiger partial charge in [-0.3, -0.25) is 14.5 Å². The number of aromatic amines is 1. The van der Waals surface area contributed by atoms with Crippen LogP contribution in [0.25, 0.3) is 0 Å². The third-order valence-corrected chi connectivity index (χ3v) is 3.40. The number of nitrogens with zero attached hydrogens (tertiary/aromatic N) is 3. The van der Waals surface area contributed by atoms with E-state index in [0.29, 0.717) is 26.2 Å². The molecule has 0 spiro atoms. The summed E-state index contributed by atoms with van der Waals surface area (Å²) < 4.78 is 0. The fraction of sp³-hybridized carbons (Fsp3) is 0.583. The van der Waals surface area contributed by atoms with Crippen LogP contribution in [0.4, 0.5) is 0 Å². The molecule has 1 aromatic heterocycles. The van der Waals surface area contributed by atoms with Gasteiger partial charge in [-0.2, -0.15) is 0 Å². The molecule has 0 unspecified atom stereocenters. The number of rotatable bonds is 3. The van der Waals surface area contributed by atoms with Gasteiger partial charge in [0.2, 0.25) is 11.8 Å². The van der Waals surface area contributed by atoms with Gasteiger partial charge in [0, 0.05) is 51.5 Å². The zero-order valence-electron chi connectivity index (χ0n) is 11.0. The summed E-state index contributed by atoms with van der Waals surface area (Å²) in [5, 5.41) is 0. The smallest absolute Gasteiger partial charge is 0.223 e.